The van der Waals surface area contributed by atoms with Gasteiger partial charge in [-0.1, -0.05) is 18.2 Å². The summed E-state index contributed by atoms with van der Waals surface area (Å²) in [5.41, 5.74) is 2.56. The molecule has 0 aliphatic carbocycles. The second kappa shape index (κ2) is 6.76. The monoisotopic (exact) mass is 360 g/mol. The number of sulfonamides is 1. The standard InChI is InChI=1S/C18H20N2O4S/c1-13(21)20-10-9-14-7-8-16(11-15(14)12-20)19-25(22,23)18-6-4-3-5-17(18)24-2/h3-8,11,19H,9-10,12H2,1-2H3. The lowest BCUT2D eigenvalue weighted by atomic mass is 9.99. The molecular formula is C18H20N2O4S. The van der Waals surface area contributed by atoms with Crippen LogP contribution in [0.4, 0.5) is 5.69 Å². The van der Waals surface area contributed by atoms with Crippen LogP contribution in [0.25, 0.3) is 0 Å². The summed E-state index contributed by atoms with van der Waals surface area (Å²) in [6, 6.07) is 11.9. The predicted octanol–water partition coefficient (Wildman–Crippen LogP) is 2.40. The van der Waals surface area contributed by atoms with Crippen molar-refractivity contribution >= 4 is 21.6 Å². The zero-order valence-corrected chi connectivity index (χ0v) is 15.0. The summed E-state index contributed by atoms with van der Waals surface area (Å²) in [4.78, 5) is 13.4. The summed E-state index contributed by atoms with van der Waals surface area (Å²) in [5.74, 6) is 0.307. The van der Waals surface area contributed by atoms with Crippen molar-refractivity contribution < 1.29 is 17.9 Å². The van der Waals surface area contributed by atoms with Gasteiger partial charge in [-0.25, -0.2) is 8.42 Å². The van der Waals surface area contributed by atoms with Crippen LogP contribution in [0, 0.1) is 0 Å². The summed E-state index contributed by atoms with van der Waals surface area (Å²) in [6.45, 7) is 2.72. The number of carbonyl (C=O) groups excluding carboxylic acids is 1. The van der Waals surface area contributed by atoms with Gasteiger partial charge in [-0.2, -0.15) is 0 Å². The number of amides is 1. The molecule has 0 unspecified atom stereocenters. The van der Waals surface area contributed by atoms with E-state index in [-0.39, 0.29) is 16.6 Å². The molecule has 0 aromatic heterocycles. The third-order valence-electron chi connectivity index (χ3n) is 4.27. The van der Waals surface area contributed by atoms with Gasteiger partial charge in [0.05, 0.1) is 7.11 Å². The van der Waals surface area contributed by atoms with Crippen LogP contribution in [-0.2, 0) is 27.8 Å². The number of fused-ring (bicyclic) bond motifs is 1. The molecule has 0 spiro atoms. The SMILES string of the molecule is COc1ccccc1S(=O)(=O)Nc1ccc2c(c1)CN(C(C)=O)CC2. The Kier molecular flexibility index (Phi) is 4.67. The molecule has 0 atom stereocenters. The molecular weight excluding hydrogens is 340 g/mol. The first kappa shape index (κ1) is 17.3. The van der Waals surface area contributed by atoms with E-state index in [1.807, 2.05) is 6.07 Å². The van der Waals surface area contributed by atoms with E-state index in [0.29, 0.717) is 18.8 Å². The van der Waals surface area contributed by atoms with Gasteiger partial charge in [0.15, 0.2) is 0 Å². The van der Waals surface area contributed by atoms with E-state index in [4.69, 9.17) is 4.74 Å². The molecule has 2 aromatic rings. The highest BCUT2D eigenvalue weighted by Gasteiger charge is 2.21. The Hall–Kier alpha value is -2.54. The number of para-hydroxylation sites is 1. The van der Waals surface area contributed by atoms with Gasteiger partial charge >= 0.3 is 0 Å². The van der Waals surface area contributed by atoms with E-state index >= 15 is 0 Å². The molecule has 1 N–H and O–H groups in total. The number of hydrogen-bond donors (Lipinski definition) is 1. The molecule has 0 saturated carbocycles. The fourth-order valence-electron chi connectivity index (χ4n) is 2.94. The van der Waals surface area contributed by atoms with E-state index in [2.05, 4.69) is 4.72 Å². The molecule has 1 heterocycles. The maximum atomic E-state index is 12.7. The highest BCUT2D eigenvalue weighted by atomic mass is 32.2. The Morgan fingerprint density at radius 3 is 2.64 bits per heavy atom. The quantitative estimate of drug-likeness (QED) is 0.908. The number of hydrogen-bond acceptors (Lipinski definition) is 4. The summed E-state index contributed by atoms with van der Waals surface area (Å²) < 4.78 is 33.1. The highest BCUT2D eigenvalue weighted by Crippen LogP contribution is 2.27. The fraction of sp³-hybridized carbons (Fsp3) is 0.278. The maximum Gasteiger partial charge on any atom is 0.265 e. The molecule has 0 saturated heterocycles. The van der Waals surface area contributed by atoms with Crippen molar-refractivity contribution in [2.45, 2.75) is 24.8 Å². The first-order valence-electron chi connectivity index (χ1n) is 7.94. The van der Waals surface area contributed by atoms with Gasteiger partial charge in [0, 0.05) is 25.7 Å². The van der Waals surface area contributed by atoms with Crippen LogP contribution in [0.5, 0.6) is 5.75 Å². The third kappa shape index (κ3) is 3.61. The molecule has 1 aliphatic heterocycles. The molecule has 132 valence electrons. The fourth-order valence-corrected chi connectivity index (χ4v) is 4.16. The number of nitrogens with zero attached hydrogens (tertiary/aromatic N) is 1. The zero-order chi connectivity index (χ0) is 18.0. The van der Waals surface area contributed by atoms with Crippen LogP contribution in [0.15, 0.2) is 47.4 Å². The number of nitrogens with one attached hydrogen (secondary N) is 1. The van der Waals surface area contributed by atoms with Crippen molar-refractivity contribution in [3.63, 3.8) is 0 Å². The summed E-state index contributed by atoms with van der Waals surface area (Å²) in [6.07, 6.45) is 0.772. The average molecular weight is 360 g/mol. The van der Waals surface area contributed by atoms with Crippen LogP contribution in [0.2, 0.25) is 0 Å². The largest absolute Gasteiger partial charge is 0.495 e. The van der Waals surface area contributed by atoms with Crippen molar-refractivity contribution in [2.75, 3.05) is 18.4 Å². The van der Waals surface area contributed by atoms with E-state index < -0.39 is 10.0 Å². The number of benzene rings is 2. The van der Waals surface area contributed by atoms with Gasteiger partial charge in [-0.05, 0) is 41.8 Å². The predicted molar refractivity (Wildman–Crippen MR) is 95.0 cm³/mol. The number of carbonyl (C=O) groups is 1. The normalized spacial score (nSPS) is 13.9. The summed E-state index contributed by atoms with van der Waals surface area (Å²) in [5, 5.41) is 0. The van der Waals surface area contributed by atoms with E-state index in [0.717, 1.165) is 17.5 Å². The van der Waals surface area contributed by atoms with Gasteiger partial charge < -0.3 is 9.64 Å². The first-order valence-corrected chi connectivity index (χ1v) is 9.42. The maximum absolute atomic E-state index is 12.7. The van der Waals surface area contributed by atoms with Gasteiger partial charge in [-0.3, -0.25) is 9.52 Å². The van der Waals surface area contributed by atoms with Gasteiger partial charge in [0.25, 0.3) is 10.0 Å². The van der Waals surface area contributed by atoms with Crippen LogP contribution in [0.1, 0.15) is 18.1 Å². The molecule has 1 aliphatic rings. The summed E-state index contributed by atoms with van der Waals surface area (Å²) >= 11 is 0. The average Bonchev–Trinajstić information content (AvgIpc) is 2.60. The minimum atomic E-state index is -3.77. The smallest absolute Gasteiger partial charge is 0.265 e. The van der Waals surface area contributed by atoms with E-state index in [9.17, 15) is 13.2 Å². The zero-order valence-electron chi connectivity index (χ0n) is 14.2. The molecule has 0 radical (unpaired) electrons. The first-order chi connectivity index (χ1) is 11.9. The van der Waals surface area contributed by atoms with Gasteiger partial charge in [0.2, 0.25) is 5.91 Å². The molecule has 1 amide bonds. The van der Waals surface area contributed by atoms with Gasteiger partial charge in [0.1, 0.15) is 10.6 Å². The topological polar surface area (TPSA) is 75.7 Å². The third-order valence-corrected chi connectivity index (χ3v) is 5.70. The number of methoxy groups -OCH3 is 1. The molecule has 3 rings (SSSR count). The lowest BCUT2D eigenvalue weighted by molar-refractivity contribution is -0.129. The Morgan fingerprint density at radius 1 is 1.16 bits per heavy atom. The van der Waals surface area contributed by atoms with E-state index in [1.165, 1.54) is 13.2 Å². The second-order valence-corrected chi connectivity index (χ2v) is 7.58. The number of ether oxygens (including phenoxy) is 1. The Labute approximate surface area is 147 Å². The van der Waals surface area contributed by atoms with Crippen LogP contribution in [-0.4, -0.2) is 32.9 Å². The Balaban J connectivity index is 1.88. The van der Waals surface area contributed by atoms with Crippen molar-refractivity contribution in [3.8, 4) is 5.75 Å². The minimum Gasteiger partial charge on any atom is -0.495 e. The molecule has 0 bridgehead atoms. The molecule has 7 heteroatoms. The lowest BCUT2D eigenvalue weighted by Crippen LogP contribution is -2.34. The Bertz CT molecular complexity index is 909. The number of rotatable bonds is 4. The molecule has 0 fully saturated rings. The van der Waals surface area contributed by atoms with Crippen molar-refractivity contribution in [1.82, 2.24) is 4.90 Å². The minimum absolute atomic E-state index is 0.0191. The Morgan fingerprint density at radius 2 is 1.92 bits per heavy atom. The highest BCUT2D eigenvalue weighted by molar-refractivity contribution is 7.92. The van der Waals surface area contributed by atoms with E-state index in [1.54, 1.807) is 42.2 Å². The van der Waals surface area contributed by atoms with Gasteiger partial charge in [-0.15, -0.1) is 0 Å². The second-order valence-electron chi connectivity index (χ2n) is 5.93. The molecule has 6 nitrogen and oxygen atoms in total. The molecule has 2 aromatic carbocycles. The number of anilines is 1. The summed E-state index contributed by atoms with van der Waals surface area (Å²) in [7, 11) is -2.33. The van der Waals surface area contributed by atoms with Crippen molar-refractivity contribution in [1.29, 1.82) is 0 Å². The van der Waals surface area contributed by atoms with Crippen LogP contribution in [0.3, 0.4) is 0 Å². The lowest BCUT2D eigenvalue weighted by Gasteiger charge is -2.28. The van der Waals surface area contributed by atoms with Crippen molar-refractivity contribution in [2.24, 2.45) is 0 Å². The van der Waals surface area contributed by atoms with Crippen molar-refractivity contribution in [3.05, 3.63) is 53.6 Å². The van der Waals surface area contributed by atoms with Crippen LogP contribution < -0.4 is 9.46 Å². The van der Waals surface area contributed by atoms with Crippen LogP contribution >= 0.6 is 0 Å². The molecule has 25 heavy (non-hydrogen) atoms.